The Bertz CT molecular complexity index is 354. The maximum atomic E-state index is 11.0. The Morgan fingerprint density at radius 3 is 2.88 bits per heavy atom. The zero-order valence-electron chi connectivity index (χ0n) is 9.01. The summed E-state index contributed by atoms with van der Waals surface area (Å²) in [6, 6.07) is 6.47. The molecule has 16 heavy (non-hydrogen) atoms. The molecule has 1 rings (SSSR count). The van der Waals surface area contributed by atoms with Crippen molar-refractivity contribution in [3.63, 3.8) is 0 Å². The monoisotopic (exact) mass is 225 g/mol. The van der Waals surface area contributed by atoms with Crippen LogP contribution in [0, 0.1) is 0 Å². The Hall–Kier alpha value is -1.59. The van der Waals surface area contributed by atoms with Gasteiger partial charge in [-0.15, -0.1) is 0 Å². The Morgan fingerprint density at radius 1 is 1.56 bits per heavy atom. The van der Waals surface area contributed by atoms with E-state index in [9.17, 15) is 9.90 Å². The van der Waals surface area contributed by atoms with Crippen LogP contribution in [0.2, 0.25) is 0 Å². The van der Waals surface area contributed by atoms with Crippen molar-refractivity contribution < 1.29 is 19.7 Å². The maximum Gasteiger partial charge on any atom is 0.332 e. The molecule has 1 atom stereocenters. The Kier molecular flexibility index (Phi) is 4.75. The van der Waals surface area contributed by atoms with Crippen LogP contribution < -0.4 is 5.32 Å². The van der Waals surface area contributed by atoms with Crippen LogP contribution in [0.5, 0.6) is 5.75 Å². The number of aromatic hydroxyl groups is 1. The summed E-state index contributed by atoms with van der Waals surface area (Å²) in [5.74, 6) is -0.581. The predicted molar refractivity (Wildman–Crippen MR) is 58.0 cm³/mol. The molecule has 88 valence electrons. The summed E-state index contributed by atoms with van der Waals surface area (Å²) in [5.41, 5.74) is 0.677. The van der Waals surface area contributed by atoms with Gasteiger partial charge in [0.2, 0.25) is 0 Å². The predicted octanol–water partition coefficient (Wildman–Crippen LogP) is 0.188. The number of phenolic OH excluding ortho intramolecular Hbond substituents is 1. The van der Waals surface area contributed by atoms with Gasteiger partial charge in [0.25, 0.3) is 0 Å². The van der Waals surface area contributed by atoms with E-state index in [1.54, 1.807) is 19.2 Å². The second-order valence-electron chi connectivity index (χ2n) is 3.29. The zero-order valence-corrected chi connectivity index (χ0v) is 9.01. The number of rotatable bonds is 5. The number of nitrogens with one attached hydrogen (secondary N) is 1. The Morgan fingerprint density at radius 2 is 2.31 bits per heavy atom. The van der Waals surface area contributed by atoms with Crippen LogP contribution >= 0.6 is 0 Å². The average Bonchev–Trinajstić information content (AvgIpc) is 2.28. The number of aliphatic hydroxyl groups is 1. The highest BCUT2D eigenvalue weighted by molar-refractivity contribution is 5.70. The van der Waals surface area contributed by atoms with Crippen LogP contribution in [-0.2, 0) is 9.53 Å². The summed E-state index contributed by atoms with van der Waals surface area (Å²) in [6.45, 7) is -0.242. The molecular weight excluding hydrogens is 210 g/mol. The van der Waals surface area contributed by atoms with Gasteiger partial charge in [0, 0.05) is 6.54 Å². The third-order valence-electron chi connectivity index (χ3n) is 2.03. The molecule has 0 saturated carbocycles. The van der Waals surface area contributed by atoms with Gasteiger partial charge in [-0.25, -0.2) is 4.79 Å². The van der Waals surface area contributed by atoms with Crippen molar-refractivity contribution in [2.24, 2.45) is 0 Å². The third kappa shape index (κ3) is 3.52. The number of ether oxygens (including phenoxy) is 1. The highest BCUT2D eigenvalue weighted by atomic mass is 16.6. The van der Waals surface area contributed by atoms with Gasteiger partial charge in [-0.3, -0.25) is 0 Å². The summed E-state index contributed by atoms with van der Waals surface area (Å²) in [7, 11) is 1.72. The van der Waals surface area contributed by atoms with Gasteiger partial charge in [-0.2, -0.15) is 0 Å². The highest BCUT2D eigenvalue weighted by Crippen LogP contribution is 2.20. The van der Waals surface area contributed by atoms with Crippen LogP contribution in [-0.4, -0.2) is 36.4 Å². The third-order valence-corrected chi connectivity index (χ3v) is 2.03. The average molecular weight is 225 g/mol. The first-order chi connectivity index (χ1) is 7.67. The molecule has 0 heterocycles. The molecule has 5 heteroatoms. The number of carbonyl (C=O) groups is 1. The number of aliphatic hydroxyl groups excluding tert-OH is 1. The van der Waals surface area contributed by atoms with Crippen molar-refractivity contribution in [3.05, 3.63) is 29.8 Å². The number of benzene rings is 1. The first-order valence-corrected chi connectivity index (χ1v) is 4.91. The maximum absolute atomic E-state index is 11.0. The number of hydrogen-bond acceptors (Lipinski definition) is 5. The van der Waals surface area contributed by atoms with Crippen LogP contribution in [0.3, 0.4) is 0 Å². The van der Waals surface area contributed by atoms with Crippen LogP contribution in [0.15, 0.2) is 24.3 Å². The summed E-state index contributed by atoms with van der Waals surface area (Å²) in [6.07, 6.45) is -0.517. The Balaban J connectivity index is 2.80. The molecule has 0 saturated heterocycles. The molecule has 3 N–H and O–H groups in total. The highest BCUT2D eigenvalue weighted by Gasteiger charge is 2.15. The van der Waals surface area contributed by atoms with Gasteiger partial charge in [0.1, 0.15) is 18.5 Å². The topological polar surface area (TPSA) is 78.8 Å². The molecule has 0 bridgehead atoms. The molecule has 0 aliphatic heterocycles. The summed E-state index contributed by atoms with van der Waals surface area (Å²) < 4.78 is 5.02. The molecule has 5 nitrogen and oxygen atoms in total. The summed E-state index contributed by atoms with van der Waals surface area (Å²) in [4.78, 5) is 11.0. The van der Waals surface area contributed by atoms with Gasteiger partial charge in [0.05, 0.1) is 0 Å². The van der Waals surface area contributed by atoms with Gasteiger partial charge in [0.15, 0.2) is 0 Å². The van der Waals surface area contributed by atoms with Crippen molar-refractivity contribution in [3.8, 4) is 5.75 Å². The molecule has 0 radical (unpaired) electrons. The van der Waals surface area contributed by atoms with E-state index in [-0.39, 0.29) is 5.75 Å². The number of likely N-dealkylation sites (N-methyl/N-ethyl adjacent to an activating group) is 1. The van der Waals surface area contributed by atoms with Gasteiger partial charge >= 0.3 is 5.97 Å². The van der Waals surface area contributed by atoms with Gasteiger partial charge < -0.3 is 20.3 Å². The minimum Gasteiger partial charge on any atom is -0.508 e. The van der Waals surface area contributed by atoms with E-state index in [1.807, 2.05) is 0 Å². The summed E-state index contributed by atoms with van der Waals surface area (Å²) >= 11 is 0. The number of phenols is 1. The Labute approximate surface area is 93.7 Å². The molecule has 1 unspecified atom stereocenters. The standard InChI is InChI=1S/C11H15NO4/c1-12-6-10(16-11(15)7-13)8-3-2-4-9(14)5-8/h2-5,10,12-14H,6-7H2,1H3. The fourth-order valence-corrected chi connectivity index (χ4v) is 1.33. The second kappa shape index (κ2) is 6.09. The molecule has 0 spiro atoms. The molecule has 1 aromatic rings. The van der Waals surface area contributed by atoms with Crippen molar-refractivity contribution in [2.75, 3.05) is 20.2 Å². The second-order valence-corrected chi connectivity index (χ2v) is 3.29. The van der Waals surface area contributed by atoms with E-state index in [0.717, 1.165) is 0 Å². The summed E-state index contributed by atoms with van der Waals surface area (Å²) in [5, 5.41) is 20.8. The largest absolute Gasteiger partial charge is 0.508 e. The van der Waals surface area contributed by atoms with E-state index in [4.69, 9.17) is 9.84 Å². The lowest BCUT2D eigenvalue weighted by Gasteiger charge is -2.17. The number of hydrogen-bond donors (Lipinski definition) is 3. The lowest BCUT2D eigenvalue weighted by molar-refractivity contribution is -0.152. The van der Waals surface area contributed by atoms with Gasteiger partial charge in [-0.1, -0.05) is 12.1 Å². The quantitative estimate of drug-likeness (QED) is 0.623. The van der Waals surface area contributed by atoms with Crippen molar-refractivity contribution >= 4 is 5.97 Å². The lowest BCUT2D eigenvalue weighted by Crippen LogP contribution is -2.23. The fourth-order valence-electron chi connectivity index (χ4n) is 1.33. The lowest BCUT2D eigenvalue weighted by atomic mass is 10.1. The van der Waals surface area contributed by atoms with Crippen LogP contribution in [0.4, 0.5) is 0 Å². The zero-order chi connectivity index (χ0) is 12.0. The number of esters is 1. The molecule has 0 aromatic heterocycles. The van der Waals surface area contributed by atoms with E-state index in [2.05, 4.69) is 5.32 Å². The first-order valence-electron chi connectivity index (χ1n) is 4.91. The van der Waals surface area contributed by atoms with Gasteiger partial charge in [-0.05, 0) is 24.7 Å². The molecule has 0 aliphatic carbocycles. The normalized spacial score (nSPS) is 12.1. The molecular formula is C11H15NO4. The fraction of sp³-hybridized carbons (Fsp3) is 0.364. The molecule has 0 aliphatic rings. The molecule has 0 fully saturated rings. The minimum atomic E-state index is -0.691. The van der Waals surface area contributed by atoms with Crippen LogP contribution in [0.1, 0.15) is 11.7 Å². The van der Waals surface area contributed by atoms with E-state index >= 15 is 0 Å². The minimum absolute atomic E-state index is 0.110. The SMILES string of the molecule is CNCC(OC(=O)CO)c1cccc(O)c1. The van der Waals surface area contributed by atoms with E-state index in [1.165, 1.54) is 12.1 Å². The van der Waals surface area contributed by atoms with Crippen molar-refractivity contribution in [1.82, 2.24) is 5.32 Å². The van der Waals surface area contributed by atoms with Crippen molar-refractivity contribution in [1.29, 1.82) is 0 Å². The first kappa shape index (κ1) is 12.5. The van der Waals surface area contributed by atoms with E-state index in [0.29, 0.717) is 12.1 Å². The molecule has 1 aromatic carbocycles. The molecule has 0 amide bonds. The smallest absolute Gasteiger partial charge is 0.332 e. The number of carbonyl (C=O) groups excluding carboxylic acids is 1. The van der Waals surface area contributed by atoms with Crippen molar-refractivity contribution in [2.45, 2.75) is 6.10 Å². The van der Waals surface area contributed by atoms with Crippen LogP contribution in [0.25, 0.3) is 0 Å². The van der Waals surface area contributed by atoms with E-state index < -0.39 is 18.7 Å².